The van der Waals surface area contributed by atoms with Crippen molar-refractivity contribution in [3.63, 3.8) is 0 Å². The molecule has 2 rings (SSSR count). The Balaban J connectivity index is 2.19. The first-order valence-electron chi connectivity index (χ1n) is 5.58. The predicted octanol–water partition coefficient (Wildman–Crippen LogP) is 0.611. The van der Waals surface area contributed by atoms with Crippen molar-refractivity contribution in [1.82, 2.24) is 9.88 Å². The Morgan fingerprint density at radius 2 is 2.33 bits per heavy atom. The van der Waals surface area contributed by atoms with E-state index in [9.17, 15) is 9.59 Å². The van der Waals surface area contributed by atoms with Crippen molar-refractivity contribution >= 4 is 29.0 Å². The van der Waals surface area contributed by atoms with E-state index in [0.717, 1.165) is 5.56 Å². The average Bonchev–Trinajstić information content (AvgIpc) is 2.56. The van der Waals surface area contributed by atoms with Crippen LogP contribution in [0.15, 0.2) is 18.3 Å². The van der Waals surface area contributed by atoms with Gasteiger partial charge in [-0.3, -0.25) is 19.5 Å². The number of nitrogens with zero attached hydrogens (tertiary/aromatic N) is 2. The van der Waals surface area contributed by atoms with Crippen LogP contribution in [0, 0.1) is 5.92 Å². The molecule has 1 saturated heterocycles. The summed E-state index contributed by atoms with van der Waals surface area (Å²) in [5.74, 6) is -0.496. The fourth-order valence-electron chi connectivity index (χ4n) is 1.90. The van der Waals surface area contributed by atoms with Crippen LogP contribution in [0.1, 0.15) is 24.6 Å². The summed E-state index contributed by atoms with van der Waals surface area (Å²) < 4.78 is 0. The smallest absolute Gasteiger partial charge is 0.232 e. The van der Waals surface area contributed by atoms with Crippen LogP contribution in [0.2, 0.25) is 0 Å². The summed E-state index contributed by atoms with van der Waals surface area (Å²) in [6.45, 7) is 2.01. The van der Waals surface area contributed by atoms with Crippen LogP contribution in [0.25, 0.3) is 0 Å². The topological polar surface area (TPSA) is 76.3 Å². The van der Waals surface area contributed by atoms with Gasteiger partial charge < -0.3 is 5.73 Å². The standard InChI is InChI=1S/C12H13N3O2S/c1-7-4-10(16)15(12(7)17)6-8-2-3-14-9(5-8)11(13)18/h2-3,5,7H,4,6H2,1H3,(H2,13,18). The molecule has 5 nitrogen and oxygen atoms in total. The van der Waals surface area contributed by atoms with Gasteiger partial charge in [-0.25, -0.2) is 0 Å². The summed E-state index contributed by atoms with van der Waals surface area (Å²) in [6.07, 6.45) is 1.85. The second kappa shape index (κ2) is 4.81. The van der Waals surface area contributed by atoms with Gasteiger partial charge in [-0.05, 0) is 17.7 Å². The molecule has 0 bridgehead atoms. The van der Waals surface area contributed by atoms with Crippen LogP contribution in [0.5, 0.6) is 0 Å². The Hall–Kier alpha value is -1.82. The summed E-state index contributed by atoms with van der Waals surface area (Å²) in [7, 11) is 0. The number of rotatable bonds is 3. The van der Waals surface area contributed by atoms with E-state index in [2.05, 4.69) is 4.98 Å². The fraction of sp³-hybridized carbons (Fsp3) is 0.333. The molecule has 94 valence electrons. The van der Waals surface area contributed by atoms with Gasteiger partial charge in [-0.15, -0.1) is 0 Å². The third-order valence-corrected chi connectivity index (χ3v) is 3.10. The largest absolute Gasteiger partial charge is 0.388 e. The molecule has 1 unspecified atom stereocenters. The zero-order chi connectivity index (χ0) is 13.3. The van der Waals surface area contributed by atoms with Crippen LogP contribution in [-0.2, 0) is 16.1 Å². The van der Waals surface area contributed by atoms with Gasteiger partial charge in [0, 0.05) is 18.5 Å². The lowest BCUT2D eigenvalue weighted by Gasteiger charge is -2.14. The third kappa shape index (κ3) is 2.38. The molecule has 0 spiro atoms. The van der Waals surface area contributed by atoms with Crippen molar-refractivity contribution in [1.29, 1.82) is 0 Å². The Morgan fingerprint density at radius 1 is 1.61 bits per heavy atom. The van der Waals surface area contributed by atoms with Crippen molar-refractivity contribution in [2.75, 3.05) is 0 Å². The number of hydrogen-bond acceptors (Lipinski definition) is 4. The lowest BCUT2D eigenvalue weighted by atomic mass is 10.1. The quantitative estimate of drug-likeness (QED) is 0.638. The van der Waals surface area contributed by atoms with Crippen molar-refractivity contribution < 1.29 is 9.59 Å². The van der Waals surface area contributed by atoms with Gasteiger partial charge in [0.15, 0.2) is 0 Å². The maximum Gasteiger partial charge on any atom is 0.232 e. The minimum atomic E-state index is -0.227. The second-order valence-corrected chi connectivity index (χ2v) is 4.78. The van der Waals surface area contributed by atoms with Crippen LogP contribution in [-0.4, -0.2) is 26.7 Å². The lowest BCUT2D eigenvalue weighted by molar-refractivity contribution is -0.139. The number of hydrogen-bond donors (Lipinski definition) is 1. The highest BCUT2D eigenvalue weighted by molar-refractivity contribution is 7.80. The van der Waals surface area contributed by atoms with Crippen LogP contribution in [0.3, 0.4) is 0 Å². The molecule has 1 aliphatic heterocycles. The molecular formula is C12H13N3O2S. The number of imide groups is 1. The molecular weight excluding hydrogens is 250 g/mol. The summed E-state index contributed by atoms with van der Waals surface area (Å²) in [4.78, 5) is 28.9. The van der Waals surface area contributed by atoms with E-state index in [-0.39, 0.29) is 35.7 Å². The molecule has 1 aromatic rings. The average molecular weight is 263 g/mol. The van der Waals surface area contributed by atoms with Crippen molar-refractivity contribution in [3.05, 3.63) is 29.6 Å². The summed E-state index contributed by atoms with van der Waals surface area (Å²) in [5.41, 5.74) is 6.78. The molecule has 2 amide bonds. The lowest BCUT2D eigenvalue weighted by Crippen LogP contribution is -2.29. The molecule has 0 saturated carbocycles. The van der Waals surface area contributed by atoms with Gasteiger partial charge in [0.05, 0.1) is 12.2 Å². The maximum atomic E-state index is 11.8. The molecule has 2 N–H and O–H groups in total. The highest BCUT2D eigenvalue weighted by Crippen LogP contribution is 2.21. The van der Waals surface area contributed by atoms with E-state index in [4.69, 9.17) is 18.0 Å². The van der Waals surface area contributed by atoms with Crippen LogP contribution < -0.4 is 5.73 Å². The molecule has 0 aliphatic carbocycles. The highest BCUT2D eigenvalue weighted by atomic mass is 32.1. The number of carbonyl (C=O) groups is 2. The molecule has 1 atom stereocenters. The fourth-order valence-corrected chi connectivity index (χ4v) is 2.02. The van der Waals surface area contributed by atoms with E-state index in [1.807, 2.05) is 0 Å². The summed E-state index contributed by atoms with van der Waals surface area (Å²) in [6, 6.07) is 3.44. The van der Waals surface area contributed by atoms with Gasteiger partial charge in [0.1, 0.15) is 4.99 Å². The van der Waals surface area contributed by atoms with Crippen molar-refractivity contribution in [2.24, 2.45) is 11.7 Å². The zero-order valence-electron chi connectivity index (χ0n) is 9.92. The minimum absolute atomic E-state index is 0.131. The predicted molar refractivity (Wildman–Crippen MR) is 69.5 cm³/mol. The Kier molecular flexibility index (Phi) is 3.38. The Morgan fingerprint density at radius 3 is 2.89 bits per heavy atom. The molecule has 0 radical (unpaired) electrons. The van der Waals surface area contributed by atoms with E-state index in [1.54, 1.807) is 25.3 Å². The number of likely N-dealkylation sites (tertiary alicyclic amines) is 1. The monoisotopic (exact) mass is 263 g/mol. The van der Waals surface area contributed by atoms with Gasteiger partial charge >= 0.3 is 0 Å². The zero-order valence-corrected chi connectivity index (χ0v) is 10.7. The highest BCUT2D eigenvalue weighted by Gasteiger charge is 2.35. The molecule has 2 heterocycles. The second-order valence-electron chi connectivity index (χ2n) is 4.34. The Labute approximate surface area is 110 Å². The first kappa shape index (κ1) is 12.6. The van der Waals surface area contributed by atoms with Gasteiger partial charge in [-0.2, -0.15) is 0 Å². The molecule has 1 fully saturated rings. The van der Waals surface area contributed by atoms with Crippen molar-refractivity contribution in [3.8, 4) is 0 Å². The van der Waals surface area contributed by atoms with Crippen LogP contribution >= 0.6 is 12.2 Å². The van der Waals surface area contributed by atoms with Gasteiger partial charge in [0.25, 0.3) is 0 Å². The molecule has 0 aromatic carbocycles. The van der Waals surface area contributed by atoms with Gasteiger partial charge in [-0.1, -0.05) is 19.1 Å². The number of carbonyl (C=O) groups excluding carboxylic acids is 2. The summed E-state index contributed by atoms with van der Waals surface area (Å²) >= 11 is 4.84. The maximum absolute atomic E-state index is 11.8. The number of aromatic nitrogens is 1. The van der Waals surface area contributed by atoms with E-state index < -0.39 is 0 Å². The number of amides is 2. The molecule has 1 aromatic heterocycles. The van der Waals surface area contributed by atoms with Gasteiger partial charge in [0.2, 0.25) is 11.8 Å². The Bertz CT molecular complexity index is 530. The van der Waals surface area contributed by atoms with E-state index in [1.165, 1.54) is 4.90 Å². The first-order valence-corrected chi connectivity index (χ1v) is 5.99. The SMILES string of the molecule is CC1CC(=O)N(Cc2ccnc(C(N)=S)c2)C1=O. The number of thiocarbonyl (C=S) groups is 1. The minimum Gasteiger partial charge on any atom is -0.388 e. The summed E-state index contributed by atoms with van der Waals surface area (Å²) in [5, 5.41) is 0. The van der Waals surface area contributed by atoms with Crippen molar-refractivity contribution in [2.45, 2.75) is 19.9 Å². The first-order chi connectivity index (χ1) is 8.49. The molecule has 18 heavy (non-hydrogen) atoms. The number of pyridine rings is 1. The van der Waals surface area contributed by atoms with E-state index in [0.29, 0.717) is 5.69 Å². The van der Waals surface area contributed by atoms with E-state index >= 15 is 0 Å². The normalized spacial score (nSPS) is 19.4. The molecule has 1 aliphatic rings. The third-order valence-electron chi connectivity index (χ3n) is 2.89. The number of nitrogens with two attached hydrogens (primary N) is 1. The molecule has 6 heteroatoms. The van der Waals surface area contributed by atoms with Crippen LogP contribution in [0.4, 0.5) is 0 Å².